The van der Waals surface area contributed by atoms with Crippen LogP contribution < -0.4 is 10.6 Å². The molecule has 0 atom stereocenters. The van der Waals surface area contributed by atoms with Gasteiger partial charge in [-0.1, -0.05) is 24.3 Å². The van der Waals surface area contributed by atoms with Crippen LogP contribution in [0.1, 0.15) is 47.3 Å². The zero-order chi connectivity index (χ0) is 20.4. The van der Waals surface area contributed by atoms with E-state index in [0.717, 1.165) is 35.0 Å². The fourth-order valence-electron chi connectivity index (χ4n) is 3.35. The highest BCUT2D eigenvalue weighted by Gasteiger charge is 2.27. The predicted octanol–water partition coefficient (Wildman–Crippen LogP) is 5.24. The number of fused-ring (bicyclic) bond motifs is 1. The summed E-state index contributed by atoms with van der Waals surface area (Å²) in [5.41, 5.74) is 4.41. The van der Waals surface area contributed by atoms with Gasteiger partial charge < -0.3 is 10.1 Å². The monoisotopic (exact) mass is 389 g/mol. The second-order valence-corrected chi connectivity index (χ2v) is 7.16. The van der Waals surface area contributed by atoms with Crippen molar-refractivity contribution in [3.05, 3.63) is 65.4 Å². The lowest BCUT2D eigenvalue weighted by Gasteiger charge is -2.14. The summed E-state index contributed by atoms with van der Waals surface area (Å²) in [6.45, 7) is 3.88. The lowest BCUT2D eigenvalue weighted by atomic mass is 10.0. The minimum Gasteiger partial charge on any atom is -0.450 e. The molecule has 0 bridgehead atoms. The highest BCUT2D eigenvalue weighted by atomic mass is 16.5. The van der Waals surface area contributed by atoms with Crippen molar-refractivity contribution < 1.29 is 14.3 Å². The molecule has 0 aliphatic heterocycles. The fraction of sp³-hybridized carbons (Fsp3) is 0.261. The van der Waals surface area contributed by atoms with Gasteiger partial charge in [0.1, 0.15) is 0 Å². The van der Waals surface area contributed by atoms with Gasteiger partial charge in [-0.15, -0.1) is 0 Å². The molecule has 0 saturated heterocycles. The zero-order valence-corrected chi connectivity index (χ0v) is 16.5. The average Bonchev–Trinajstić information content (AvgIpc) is 3.55. The molecule has 2 N–H and O–H groups in total. The van der Waals surface area contributed by atoms with Crippen molar-refractivity contribution in [3.63, 3.8) is 0 Å². The number of ether oxygens (including phenoxy) is 1. The maximum Gasteiger partial charge on any atom is 0.411 e. The van der Waals surface area contributed by atoms with Gasteiger partial charge in [0, 0.05) is 28.4 Å². The third-order valence-electron chi connectivity index (χ3n) is 5.07. The second-order valence-electron chi connectivity index (χ2n) is 7.16. The number of amides is 2. The number of pyridine rings is 1. The van der Waals surface area contributed by atoms with Crippen LogP contribution in [0.15, 0.2) is 48.5 Å². The van der Waals surface area contributed by atoms with Crippen LogP contribution in [0.25, 0.3) is 10.9 Å². The molecule has 6 heteroatoms. The van der Waals surface area contributed by atoms with E-state index in [9.17, 15) is 9.59 Å². The van der Waals surface area contributed by atoms with Crippen molar-refractivity contribution in [1.29, 1.82) is 0 Å². The van der Waals surface area contributed by atoms with Gasteiger partial charge in [-0.25, -0.2) is 4.79 Å². The summed E-state index contributed by atoms with van der Waals surface area (Å²) in [4.78, 5) is 29.6. The molecule has 148 valence electrons. The van der Waals surface area contributed by atoms with E-state index in [4.69, 9.17) is 9.72 Å². The Hall–Kier alpha value is -3.41. The largest absolute Gasteiger partial charge is 0.450 e. The van der Waals surface area contributed by atoms with E-state index in [0.29, 0.717) is 29.5 Å². The number of benzene rings is 2. The van der Waals surface area contributed by atoms with E-state index in [1.807, 2.05) is 43.3 Å². The molecule has 29 heavy (non-hydrogen) atoms. The fourth-order valence-corrected chi connectivity index (χ4v) is 3.35. The van der Waals surface area contributed by atoms with Crippen molar-refractivity contribution in [1.82, 2.24) is 4.98 Å². The summed E-state index contributed by atoms with van der Waals surface area (Å²) in [6.07, 6.45) is 1.72. The normalized spacial score (nSPS) is 13.2. The number of para-hydroxylation sites is 1. The minimum atomic E-state index is -0.520. The highest BCUT2D eigenvalue weighted by molar-refractivity contribution is 6.13. The van der Waals surface area contributed by atoms with E-state index < -0.39 is 6.09 Å². The number of carbonyl (C=O) groups is 2. The van der Waals surface area contributed by atoms with Crippen molar-refractivity contribution in [2.75, 3.05) is 17.2 Å². The molecule has 1 fully saturated rings. The molecule has 2 aromatic carbocycles. The van der Waals surface area contributed by atoms with Gasteiger partial charge in [-0.3, -0.25) is 15.1 Å². The number of anilines is 2. The van der Waals surface area contributed by atoms with Crippen LogP contribution in [0.3, 0.4) is 0 Å². The Morgan fingerprint density at radius 2 is 1.79 bits per heavy atom. The van der Waals surface area contributed by atoms with E-state index in [1.165, 1.54) is 0 Å². The lowest BCUT2D eigenvalue weighted by molar-refractivity contribution is 0.102. The molecule has 3 aromatic rings. The van der Waals surface area contributed by atoms with Crippen LogP contribution in [0.2, 0.25) is 0 Å². The molecule has 0 spiro atoms. The van der Waals surface area contributed by atoms with Crippen LogP contribution in [0, 0.1) is 6.92 Å². The molecular formula is C23H23N3O3. The summed E-state index contributed by atoms with van der Waals surface area (Å²) >= 11 is 0. The standard InChI is InChI=1S/C23H23N3O3/c1-3-29-23(28)26-19-10-6-9-18(14(19)2)25-22(27)17-13-21(15-11-12-15)24-20-8-5-4-7-16(17)20/h4-10,13,15H,3,11-12H2,1-2H3,(H,25,27)(H,26,28). The first-order chi connectivity index (χ1) is 14.1. The molecular weight excluding hydrogens is 366 g/mol. The average molecular weight is 389 g/mol. The third-order valence-corrected chi connectivity index (χ3v) is 5.07. The number of nitrogens with one attached hydrogen (secondary N) is 2. The molecule has 1 aliphatic rings. The van der Waals surface area contributed by atoms with Crippen molar-refractivity contribution in [3.8, 4) is 0 Å². The van der Waals surface area contributed by atoms with Crippen molar-refractivity contribution in [2.24, 2.45) is 0 Å². The number of aromatic nitrogens is 1. The maximum atomic E-state index is 13.2. The van der Waals surface area contributed by atoms with Gasteiger partial charge in [0.05, 0.1) is 17.7 Å². The van der Waals surface area contributed by atoms with E-state index >= 15 is 0 Å². The van der Waals surface area contributed by atoms with E-state index in [2.05, 4.69) is 10.6 Å². The van der Waals surface area contributed by atoms with E-state index in [-0.39, 0.29) is 5.91 Å². The molecule has 1 saturated carbocycles. The summed E-state index contributed by atoms with van der Waals surface area (Å²) in [5.74, 6) is 0.256. The lowest BCUT2D eigenvalue weighted by Crippen LogP contribution is -2.17. The van der Waals surface area contributed by atoms with Gasteiger partial charge in [0.2, 0.25) is 0 Å². The first-order valence-corrected chi connectivity index (χ1v) is 9.81. The molecule has 1 aliphatic carbocycles. The smallest absolute Gasteiger partial charge is 0.411 e. The minimum absolute atomic E-state index is 0.193. The molecule has 0 radical (unpaired) electrons. The zero-order valence-electron chi connectivity index (χ0n) is 16.5. The molecule has 1 aromatic heterocycles. The second kappa shape index (κ2) is 7.91. The Balaban J connectivity index is 1.64. The number of hydrogen-bond acceptors (Lipinski definition) is 4. The quantitative estimate of drug-likeness (QED) is 0.625. The van der Waals surface area contributed by atoms with Crippen LogP contribution in [0.4, 0.5) is 16.2 Å². The number of rotatable bonds is 5. The first kappa shape index (κ1) is 18.9. The van der Waals surface area contributed by atoms with E-state index in [1.54, 1.807) is 19.1 Å². The SMILES string of the molecule is CCOC(=O)Nc1cccc(NC(=O)c2cc(C3CC3)nc3ccccc23)c1C. The summed E-state index contributed by atoms with van der Waals surface area (Å²) in [5, 5.41) is 6.52. The van der Waals surface area contributed by atoms with Gasteiger partial charge in [-0.05, 0) is 56.5 Å². The highest BCUT2D eigenvalue weighted by Crippen LogP contribution is 2.40. The molecule has 0 unspecified atom stereocenters. The van der Waals surface area contributed by atoms with Gasteiger partial charge >= 0.3 is 6.09 Å². The third kappa shape index (κ3) is 4.06. The van der Waals surface area contributed by atoms with Gasteiger partial charge in [0.15, 0.2) is 0 Å². The van der Waals surface area contributed by atoms with Gasteiger partial charge in [-0.2, -0.15) is 0 Å². The Morgan fingerprint density at radius 3 is 2.52 bits per heavy atom. The Kier molecular flexibility index (Phi) is 5.16. The Bertz CT molecular complexity index is 1090. The van der Waals surface area contributed by atoms with Gasteiger partial charge in [0.25, 0.3) is 5.91 Å². The molecule has 6 nitrogen and oxygen atoms in total. The van der Waals surface area contributed by atoms with Crippen LogP contribution in [-0.4, -0.2) is 23.6 Å². The number of nitrogens with zero attached hydrogens (tertiary/aromatic N) is 1. The first-order valence-electron chi connectivity index (χ1n) is 9.81. The predicted molar refractivity (Wildman–Crippen MR) is 113 cm³/mol. The topological polar surface area (TPSA) is 80.3 Å². The van der Waals surface area contributed by atoms with Crippen molar-refractivity contribution >= 4 is 34.3 Å². The van der Waals surface area contributed by atoms with Crippen LogP contribution in [0.5, 0.6) is 0 Å². The summed E-state index contributed by atoms with van der Waals surface area (Å²) in [7, 11) is 0. The van der Waals surface area contributed by atoms with Crippen LogP contribution in [-0.2, 0) is 4.74 Å². The summed E-state index contributed by atoms with van der Waals surface area (Å²) in [6, 6.07) is 15.0. The van der Waals surface area contributed by atoms with Crippen molar-refractivity contribution in [2.45, 2.75) is 32.6 Å². The van der Waals surface area contributed by atoms with Crippen LogP contribution >= 0.6 is 0 Å². The number of carbonyl (C=O) groups excluding carboxylic acids is 2. The molecule has 2 amide bonds. The number of hydrogen-bond donors (Lipinski definition) is 2. The Morgan fingerprint density at radius 1 is 1.07 bits per heavy atom. The summed E-state index contributed by atoms with van der Waals surface area (Å²) < 4.78 is 4.94. The Labute approximate surface area is 169 Å². The molecule has 1 heterocycles. The molecule has 4 rings (SSSR count). The maximum absolute atomic E-state index is 13.2.